The van der Waals surface area contributed by atoms with Crippen LogP contribution in [0.5, 0.6) is 0 Å². The molecule has 2 amide bonds. The van der Waals surface area contributed by atoms with Gasteiger partial charge >= 0.3 is 6.03 Å². The van der Waals surface area contributed by atoms with Crippen LogP contribution >= 0.6 is 11.6 Å². The maximum atomic E-state index is 12.6. The van der Waals surface area contributed by atoms with E-state index in [4.69, 9.17) is 11.6 Å². The molecule has 2 aromatic heterocycles. The van der Waals surface area contributed by atoms with Crippen LogP contribution in [0.3, 0.4) is 0 Å². The lowest BCUT2D eigenvalue weighted by atomic mass is 10.2. The van der Waals surface area contributed by atoms with Crippen LogP contribution in [0.15, 0.2) is 71.5 Å². The number of anilines is 2. The molecule has 0 fully saturated rings. The molecule has 2 aromatic carbocycles. The fourth-order valence-electron chi connectivity index (χ4n) is 2.89. The minimum Gasteiger partial charge on any atom is -0.308 e. The van der Waals surface area contributed by atoms with Gasteiger partial charge in [0.2, 0.25) is 5.95 Å². The normalized spacial score (nSPS) is 10.6. The fraction of sp³-hybridized carbons (Fsp3) is 0.0476. The molecule has 2 heterocycles. The summed E-state index contributed by atoms with van der Waals surface area (Å²) in [4.78, 5) is 31.5. The lowest BCUT2D eigenvalue weighted by Gasteiger charge is -2.09. The summed E-state index contributed by atoms with van der Waals surface area (Å²) in [5, 5.41) is 10.5. The SMILES string of the molecule is Cc1cc(=O)[nH]c(-n2nc(-c3ccccc3)cc2NC(=O)Nc2cccc(Cl)c2)n1. The van der Waals surface area contributed by atoms with Gasteiger partial charge in [-0.25, -0.2) is 9.78 Å². The molecule has 9 heteroatoms. The molecule has 0 unspecified atom stereocenters. The first-order chi connectivity index (χ1) is 14.5. The fourth-order valence-corrected chi connectivity index (χ4v) is 3.08. The average Bonchev–Trinajstić information content (AvgIpc) is 3.11. The first kappa shape index (κ1) is 19.4. The van der Waals surface area contributed by atoms with Gasteiger partial charge in [-0.1, -0.05) is 48.0 Å². The zero-order chi connectivity index (χ0) is 21.1. The molecule has 30 heavy (non-hydrogen) atoms. The second-order valence-electron chi connectivity index (χ2n) is 6.49. The third-order valence-corrected chi connectivity index (χ3v) is 4.40. The van der Waals surface area contributed by atoms with Gasteiger partial charge in [-0.2, -0.15) is 9.78 Å². The molecule has 0 aliphatic rings. The summed E-state index contributed by atoms with van der Waals surface area (Å²) in [5.74, 6) is 0.530. The van der Waals surface area contributed by atoms with Gasteiger partial charge in [0, 0.05) is 34.1 Å². The van der Waals surface area contributed by atoms with Gasteiger partial charge in [-0.15, -0.1) is 0 Å². The first-order valence-corrected chi connectivity index (χ1v) is 9.43. The number of nitrogens with one attached hydrogen (secondary N) is 3. The van der Waals surface area contributed by atoms with Crippen LogP contribution in [0.25, 0.3) is 17.2 Å². The summed E-state index contributed by atoms with van der Waals surface area (Å²) in [6.07, 6.45) is 0. The topological polar surface area (TPSA) is 105 Å². The van der Waals surface area contributed by atoms with Crippen LogP contribution in [0.1, 0.15) is 5.69 Å². The quantitative estimate of drug-likeness (QED) is 0.459. The summed E-state index contributed by atoms with van der Waals surface area (Å²) in [5.41, 5.74) is 2.21. The van der Waals surface area contributed by atoms with E-state index in [0.717, 1.165) is 5.56 Å². The molecule has 0 aliphatic carbocycles. The Bertz CT molecular complexity index is 1270. The number of carbonyl (C=O) groups is 1. The second kappa shape index (κ2) is 8.22. The number of urea groups is 1. The molecule has 0 bridgehead atoms. The van der Waals surface area contributed by atoms with E-state index >= 15 is 0 Å². The largest absolute Gasteiger partial charge is 0.324 e. The van der Waals surface area contributed by atoms with Gasteiger partial charge in [0.15, 0.2) is 0 Å². The van der Waals surface area contributed by atoms with Gasteiger partial charge in [-0.05, 0) is 25.1 Å². The highest BCUT2D eigenvalue weighted by Crippen LogP contribution is 2.24. The molecule has 150 valence electrons. The van der Waals surface area contributed by atoms with Crippen molar-refractivity contribution in [3.63, 3.8) is 0 Å². The summed E-state index contributed by atoms with van der Waals surface area (Å²) in [7, 11) is 0. The van der Waals surface area contributed by atoms with Crippen molar-refractivity contribution in [2.24, 2.45) is 0 Å². The number of rotatable bonds is 4. The molecule has 0 aliphatic heterocycles. The third kappa shape index (κ3) is 4.39. The Kier molecular flexibility index (Phi) is 5.32. The minimum atomic E-state index is -0.493. The van der Waals surface area contributed by atoms with Gasteiger partial charge in [0.25, 0.3) is 5.56 Å². The maximum Gasteiger partial charge on any atom is 0.324 e. The standard InChI is InChI=1S/C21H17ClN6O2/c1-13-10-19(29)26-20(23-13)28-18(12-17(27-28)14-6-3-2-4-7-14)25-21(30)24-16-9-5-8-15(22)11-16/h2-12H,1H3,(H,23,26,29)(H2,24,25,30). The summed E-state index contributed by atoms with van der Waals surface area (Å²) < 4.78 is 1.38. The number of benzene rings is 2. The lowest BCUT2D eigenvalue weighted by molar-refractivity contribution is 0.262. The van der Waals surface area contributed by atoms with Crippen molar-refractivity contribution >= 4 is 29.1 Å². The molecule has 4 aromatic rings. The highest BCUT2D eigenvalue weighted by Gasteiger charge is 2.16. The van der Waals surface area contributed by atoms with Crippen LogP contribution in [0.4, 0.5) is 16.3 Å². The molecular formula is C21H17ClN6O2. The van der Waals surface area contributed by atoms with E-state index in [1.54, 1.807) is 37.3 Å². The third-order valence-electron chi connectivity index (χ3n) is 4.16. The molecule has 0 radical (unpaired) electrons. The van der Waals surface area contributed by atoms with Gasteiger partial charge in [0.1, 0.15) is 5.82 Å². The van der Waals surface area contributed by atoms with Crippen LogP contribution < -0.4 is 16.2 Å². The van der Waals surface area contributed by atoms with Crippen LogP contribution in [-0.4, -0.2) is 25.8 Å². The Morgan fingerprint density at radius 3 is 2.57 bits per heavy atom. The molecule has 8 nitrogen and oxygen atoms in total. The Morgan fingerprint density at radius 2 is 1.83 bits per heavy atom. The van der Waals surface area contributed by atoms with Gasteiger partial charge < -0.3 is 5.32 Å². The number of H-pyrrole nitrogens is 1. The first-order valence-electron chi connectivity index (χ1n) is 9.05. The number of aromatic amines is 1. The number of halogens is 1. The highest BCUT2D eigenvalue weighted by atomic mass is 35.5. The van der Waals surface area contributed by atoms with E-state index in [1.165, 1.54) is 10.7 Å². The van der Waals surface area contributed by atoms with Crippen LogP contribution in [0, 0.1) is 6.92 Å². The Labute approximate surface area is 176 Å². The van der Waals surface area contributed by atoms with E-state index in [2.05, 4.69) is 25.7 Å². The smallest absolute Gasteiger partial charge is 0.308 e. The van der Waals surface area contributed by atoms with Gasteiger partial charge in [0.05, 0.1) is 5.69 Å². The second-order valence-corrected chi connectivity index (χ2v) is 6.93. The highest BCUT2D eigenvalue weighted by molar-refractivity contribution is 6.30. The molecular weight excluding hydrogens is 404 g/mol. The van der Waals surface area contributed by atoms with Crippen molar-refractivity contribution in [1.29, 1.82) is 0 Å². The summed E-state index contributed by atoms with van der Waals surface area (Å²) in [6.45, 7) is 1.71. The maximum absolute atomic E-state index is 12.6. The predicted molar refractivity (Wildman–Crippen MR) is 116 cm³/mol. The van der Waals surface area contributed by atoms with E-state index in [1.807, 2.05) is 30.3 Å². The zero-order valence-corrected chi connectivity index (χ0v) is 16.6. The van der Waals surface area contributed by atoms with E-state index < -0.39 is 6.03 Å². The number of nitrogens with zero attached hydrogens (tertiary/aromatic N) is 3. The predicted octanol–water partition coefficient (Wildman–Crippen LogP) is 4.23. The summed E-state index contributed by atoms with van der Waals surface area (Å²) >= 11 is 5.97. The van der Waals surface area contributed by atoms with E-state index in [9.17, 15) is 9.59 Å². The van der Waals surface area contributed by atoms with E-state index in [-0.39, 0.29) is 11.5 Å². The molecule has 4 rings (SSSR count). The summed E-state index contributed by atoms with van der Waals surface area (Å²) in [6, 6.07) is 18.9. The van der Waals surface area contributed by atoms with Crippen molar-refractivity contribution in [1.82, 2.24) is 19.7 Å². The Balaban J connectivity index is 1.70. The van der Waals surface area contributed by atoms with Crippen molar-refractivity contribution in [2.45, 2.75) is 6.92 Å². The Hall–Kier alpha value is -3.91. The number of amides is 2. The number of hydrogen-bond donors (Lipinski definition) is 3. The van der Waals surface area contributed by atoms with Crippen molar-refractivity contribution in [3.05, 3.63) is 87.8 Å². The molecule has 0 saturated heterocycles. The number of hydrogen-bond acceptors (Lipinski definition) is 4. The lowest BCUT2D eigenvalue weighted by Crippen LogP contribution is -2.22. The monoisotopic (exact) mass is 420 g/mol. The zero-order valence-electron chi connectivity index (χ0n) is 15.9. The van der Waals surface area contributed by atoms with Crippen molar-refractivity contribution in [2.75, 3.05) is 10.6 Å². The number of aromatic nitrogens is 4. The van der Waals surface area contributed by atoms with Crippen molar-refractivity contribution < 1.29 is 4.79 Å². The number of carbonyl (C=O) groups excluding carboxylic acids is 1. The van der Waals surface area contributed by atoms with Crippen LogP contribution in [0.2, 0.25) is 5.02 Å². The average molecular weight is 421 g/mol. The number of aryl methyl sites for hydroxylation is 1. The molecule has 3 N–H and O–H groups in total. The van der Waals surface area contributed by atoms with Gasteiger partial charge in [-0.3, -0.25) is 15.1 Å². The molecule has 0 spiro atoms. The van der Waals surface area contributed by atoms with Crippen molar-refractivity contribution in [3.8, 4) is 17.2 Å². The molecule has 0 saturated carbocycles. The molecule has 0 atom stereocenters. The Morgan fingerprint density at radius 1 is 1.03 bits per heavy atom. The van der Waals surface area contributed by atoms with E-state index in [0.29, 0.717) is 27.9 Å². The van der Waals surface area contributed by atoms with Crippen LogP contribution in [-0.2, 0) is 0 Å². The minimum absolute atomic E-state index is 0.195.